The molecule has 0 bridgehead atoms. The molecule has 8 heteroatoms. The summed E-state index contributed by atoms with van der Waals surface area (Å²) in [6.07, 6.45) is 6.70. The van der Waals surface area contributed by atoms with Gasteiger partial charge in [-0.1, -0.05) is 139 Å². The second-order valence-electron chi connectivity index (χ2n) is 18.6. The molecule has 0 spiro atoms. The third-order valence-corrected chi connectivity index (χ3v) is 13.8. The minimum absolute atomic E-state index is 0. The van der Waals surface area contributed by atoms with Gasteiger partial charge < -0.3 is 14.0 Å². The first-order valence-electron chi connectivity index (χ1n) is 22.0. The summed E-state index contributed by atoms with van der Waals surface area (Å²) in [5, 5.41) is 13.0. The Bertz CT molecular complexity index is 3110. The van der Waals surface area contributed by atoms with Gasteiger partial charge in [0.1, 0.15) is 5.58 Å². The van der Waals surface area contributed by atoms with E-state index in [1.807, 2.05) is 36.4 Å². The number of imidazole rings is 1. The van der Waals surface area contributed by atoms with E-state index in [2.05, 4.69) is 174 Å². The molecule has 0 amide bonds. The van der Waals surface area contributed by atoms with E-state index in [1.54, 1.807) is 12.4 Å². The van der Waals surface area contributed by atoms with Gasteiger partial charge in [-0.3, -0.25) is 9.97 Å². The maximum Gasteiger partial charge on any atom is 0.122 e. The van der Waals surface area contributed by atoms with Crippen LogP contribution in [0.2, 0.25) is 19.6 Å². The molecule has 0 unspecified atom stereocenters. The molecule has 4 aromatic heterocycles. The third-order valence-electron chi connectivity index (χ3n) is 11.7. The number of hydrogen-bond acceptors (Lipinski definition) is 5. The van der Waals surface area contributed by atoms with Gasteiger partial charge in [0.2, 0.25) is 0 Å². The molecule has 0 saturated heterocycles. The topological polar surface area (TPSA) is 80.5 Å². The van der Waals surface area contributed by atoms with Crippen LogP contribution in [-0.4, -0.2) is 27.6 Å². The molecule has 325 valence electrons. The number of hydrogen-bond donors (Lipinski definition) is 0. The largest absolute Gasteiger partial charge is 0.500 e. The second kappa shape index (κ2) is 19.0. The van der Waals surface area contributed by atoms with Gasteiger partial charge in [0, 0.05) is 37.4 Å². The third kappa shape index (κ3) is 9.17. The van der Waals surface area contributed by atoms with Crippen molar-refractivity contribution in [2.75, 3.05) is 0 Å². The smallest absolute Gasteiger partial charge is 0.122 e. The van der Waals surface area contributed by atoms with Gasteiger partial charge in [-0.15, -0.1) is 23.8 Å². The summed E-state index contributed by atoms with van der Waals surface area (Å²) < 4.78 is 8.87. The van der Waals surface area contributed by atoms with E-state index in [4.69, 9.17) is 9.40 Å². The Kier molecular flexibility index (Phi) is 13.7. The molecule has 0 aliphatic carbocycles. The van der Waals surface area contributed by atoms with Crippen LogP contribution >= 0.6 is 0 Å². The summed E-state index contributed by atoms with van der Waals surface area (Å²) >= 11 is 0. The molecule has 9 aromatic rings. The Morgan fingerprint density at radius 2 is 1.52 bits per heavy atom. The van der Waals surface area contributed by atoms with Gasteiger partial charge in [0.05, 0.1) is 42.1 Å². The molecule has 0 N–H and O–H groups in total. The molecule has 0 fully saturated rings. The summed E-state index contributed by atoms with van der Waals surface area (Å²) in [6.45, 7) is 22.8. The number of rotatable bonds is 9. The number of para-hydroxylation sites is 2. The molecule has 64 heavy (non-hydrogen) atoms. The monoisotopic (exact) mass is 1030 g/mol. The number of nitrogens with zero attached hydrogens (tertiary/aromatic N) is 5. The van der Waals surface area contributed by atoms with Crippen molar-refractivity contribution in [1.82, 2.24) is 19.5 Å². The summed E-state index contributed by atoms with van der Waals surface area (Å²) in [5.74, 6) is 1.98. The van der Waals surface area contributed by atoms with Crippen LogP contribution in [0.5, 0.6) is 0 Å². The second-order valence-corrected chi connectivity index (χ2v) is 23.7. The Morgan fingerprint density at radius 1 is 0.812 bits per heavy atom. The van der Waals surface area contributed by atoms with Crippen LogP contribution in [0.3, 0.4) is 0 Å². The van der Waals surface area contributed by atoms with Crippen LogP contribution in [0, 0.1) is 36.3 Å². The van der Waals surface area contributed by atoms with Crippen molar-refractivity contribution in [3.05, 3.63) is 162 Å². The fourth-order valence-electron chi connectivity index (χ4n) is 8.66. The van der Waals surface area contributed by atoms with Gasteiger partial charge in [-0.05, 0) is 106 Å². The molecule has 9 rings (SSSR count). The minimum atomic E-state index is -1.35. The molecule has 0 atom stereocenters. The molecule has 5 aromatic carbocycles. The Hall–Kier alpha value is -5.97. The standard InChI is InChI=1S/C39H32N3O.C17H23N2Si.Ir/c1-23(2)31-20-28(27-11-7-6-8-12-27)21-32(24(3)4)37(31)42-34-14-10-9-13-33(34)41-39(42)30-17-15-25(5)36-29-18-16-26(22-40)19-35(29)43-38(30)36;1-13(2)10-15-11-16(14-6-8-18-9-7-14)19-12-17(15)20(3,4)5;/h6-16,18-21,23-24H,1-5H3;6,8-9,11-13H,10H2,1-5H3;/q2*-1;. The first-order valence-corrected chi connectivity index (χ1v) is 25.5. The quantitative estimate of drug-likeness (QED) is 0.106. The van der Waals surface area contributed by atoms with Gasteiger partial charge in [-0.25, -0.2) is 0 Å². The van der Waals surface area contributed by atoms with Crippen molar-refractivity contribution in [1.29, 1.82) is 5.26 Å². The molecule has 0 aliphatic heterocycles. The van der Waals surface area contributed by atoms with Gasteiger partial charge >= 0.3 is 0 Å². The van der Waals surface area contributed by atoms with Crippen molar-refractivity contribution in [3.63, 3.8) is 0 Å². The fourth-order valence-corrected chi connectivity index (χ4v) is 10.2. The molecule has 4 heterocycles. The molecular weight excluding hydrogens is 979 g/mol. The zero-order valence-electron chi connectivity index (χ0n) is 38.5. The number of aryl methyl sites for hydroxylation is 1. The summed E-state index contributed by atoms with van der Waals surface area (Å²) in [4.78, 5) is 13.9. The van der Waals surface area contributed by atoms with Crippen LogP contribution in [0.1, 0.15) is 81.2 Å². The van der Waals surface area contributed by atoms with Crippen molar-refractivity contribution in [3.8, 4) is 45.5 Å². The van der Waals surface area contributed by atoms with E-state index in [-0.39, 0.29) is 31.9 Å². The minimum Gasteiger partial charge on any atom is -0.500 e. The molecule has 1 radical (unpaired) electrons. The predicted octanol–water partition coefficient (Wildman–Crippen LogP) is 14.2. The van der Waals surface area contributed by atoms with Gasteiger partial charge in [0.25, 0.3) is 0 Å². The van der Waals surface area contributed by atoms with E-state index in [1.165, 1.54) is 38.7 Å². The zero-order valence-corrected chi connectivity index (χ0v) is 41.9. The maximum atomic E-state index is 9.52. The van der Waals surface area contributed by atoms with Crippen molar-refractivity contribution >= 4 is 46.2 Å². The molecular formula is C56H55IrN5OSi-2. The van der Waals surface area contributed by atoms with E-state index in [9.17, 15) is 5.26 Å². The van der Waals surface area contributed by atoms with E-state index in [0.29, 0.717) is 17.1 Å². The van der Waals surface area contributed by atoms with Crippen molar-refractivity contribution in [2.24, 2.45) is 5.92 Å². The molecule has 0 saturated carbocycles. The predicted molar refractivity (Wildman–Crippen MR) is 264 cm³/mol. The van der Waals surface area contributed by atoms with Gasteiger partial charge in [-0.2, -0.15) is 16.9 Å². The van der Waals surface area contributed by atoms with Crippen molar-refractivity contribution < 1.29 is 24.5 Å². The summed E-state index contributed by atoms with van der Waals surface area (Å²) in [7, 11) is -1.35. The van der Waals surface area contributed by atoms with E-state index < -0.39 is 8.07 Å². The number of fused-ring (bicyclic) bond motifs is 4. The van der Waals surface area contributed by atoms with E-state index >= 15 is 0 Å². The van der Waals surface area contributed by atoms with Crippen LogP contribution < -0.4 is 5.19 Å². The number of furan rings is 1. The fraction of sp³-hybridized carbons (Fsp3) is 0.250. The van der Waals surface area contributed by atoms with Crippen LogP contribution in [-0.2, 0) is 26.5 Å². The van der Waals surface area contributed by atoms with E-state index in [0.717, 1.165) is 62.0 Å². The normalized spacial score (nSPS) is 11.6. The number of pyridine rings is 2. The Morgan fingerprint density at radius 3 is 2.16 bits per heavy atom. The first-order chi connectivity index (χ1) is 30.2. The molecule has 0 aliphatic rings. The number of nitriles is 1. The van der Waals surface area contributed by atoms with Crippen LogP contribution in [0.15, 0.2) is 126 Å². The van der Waals surface area contributed by atoms with Crippen LogP contribution in [0.25, 0.3) is 72.4 Å². The van der Waals surface area contributed by atoms with Gasteiger partial charge in [0.15, 0.2) is 0 Å². The average molecular weight is 1030 g/mol. The molecule has 6 nitrogen and oxygen atoms in total. The average Bonchev–Trinajstić information content (AvgIpc) is 3.85. The van der Waals surface area contributed by atoms with Crippen LogP contribution in [0.4, 0.5) is 0 Å². The SMILES string of the molecule is CC(C)Cc1cc(-c2[c-]cncc2)ncc1[Si](C)(C)C.Cc1c[c-]c(-c2nc3ccccc3n2-c2c(C(C)C)cc(-c3ccccc3)cc2C(C)C)c2oc3cc(C#N)ccc3c12.[Ir]. The number of benzene rings is 5. The summed E-state index contributed by atoms with van der Waals surface area (Å²) in [5.41, 5.74) is 15.4. The number of aromatic nitrogens is 4. The Balaban J connectivity index is 0.000000246. The Labute approximate surface area is 392 Å². The first kappa shape index (κ1) is 46.0. The maximum absolute atomic E-state index is 9.52. The summed E-state index contributed by atoms with van der Waals surface area (Å²) in [6, 6.07) is 44.5. The van der Waals surface area contributed by atoms with Crippen molar-refractivity contribution in [2.45, 2.75) is 86.4 Å². The zero-order chi connectivity index (χ0) is 44.6.